The smallest absolute Gasteiger partial charge is 0.223 e. The van der Waals surface area contributed by atoms with Gasteiger partial charge in [0.15, 0.2) is 0 Å². The molecule has 3 rings (SSSR count). The molecule has 26 heavy (non-hydrogen) atoms. The number of carbonyl (C=O) groups excluding carboxylic acids is 1. The van der Waals surface area contributed by atoms with Crippen molar-refractivity contribution >= 4 is 11.7 Å². The first-order valence-electron chi connectivity index (χ1n) is 8.73. The fourth-order valence-electron chi connectivity index (χ4n) is 2.95. The van der Waals surface area contributed by atoms with E-state index in [2.05, 4.69) is 20.6 Å². The van der Waals surface area contributed by atoms with Gasteiger partial charge in [0.1, 0.15) is 17.5 Å². The molecule has 6 nitrogen and oxygen atoms in total. The summed E-state index contributed by atoms with van der Waals surface area (Å²) in [5, 5.41) is 6.61. The number of nitrogens with one attached hydrogen (secondary N) is 2. The van der Waals surface area contributed by atoms with Crippen LogP contribution in [0.15, 0.2) is 24.3 Å². The third-order valence-electron chi connectivity index (χ3n) is 4.60. The Bertz CT molecular complexity index is 822. The number of amides is 1. The highest BCUT2D eigenvalue weighted by molar-refractivity contribution is 5.80. The lowest BCUT2D eigenvalue weighted by molar-refractivity contribution is -0.126. The second kappa shape index (κ2) is 7.37. The molecule has 1 aliphatic rings. The number of nitrogens with zero attached hydrogens (tertiary/aromatic N) is 2. The third kappa shape index (κ3) is 4.16. The highest BCUT2D eigenvalue weighted by Crippen LogP contribution is 2.25. The number of anilines is 1. The minimum Gasteiger partial charge on any atom is -0.369 e. The number of aromatic nitrogens is 2. The number of rotatable bonds is 6. The zero-order valence-corrected chi connectivity index (χ0v) is 15.1. The van der Waals surface area contributed by atoms with E-state index in [4.69, 9.17) is 5.73 Å². The van der Waals surface area contributed by atoms with Gasteiger partial charge in [-0.3, -0.25) is 4.79 Å². The SMILES string of the molecule is CC(C)(Cc1nc2c(c(NCc3cccc(F)c3)n1)CCNC2)C(N)=O. The summed E-state index contributed by atoms with van der Waals surface area (Å²) < 4.78 is 13.4. The highest BCUT2D eigenvalue weighted by atomic mass is 19.1. The van der Waals surface area contributed by atoms with Gasteiger partial charge < -0.3 is 16.4 Å². The van der Waals surface area contributed by atoms with Crippen LogP contribution in [0.5, 0.6) is 0 Å². The Morgan fingerprint density at radius 2 is 2.19 bits per heavy atom. The summed E-state index contributed by atoms with van der Waals surface area (Å²) in [4.78, 5) is 20.9. The lowest BCUT2D eigenvalue weighted by Gasteiger charge is -2.23. The van der Waals surface area contributed by atoms with Crippen LogP contribution in [-0.2, 0) is 30.7 Å². The number of fused-ring (bicyclic) bond motifs is 1. The Morgan fingerprint density at radius 1 is 1.38 bits per heavy atom. The molecule has 2 aromatic rings. The second-order valence-electron chi connectivity index (χ2n) is 7.25. The maximum Gasteiger partial charge on any atom is 0.223 e. The van der Waals surface area contributed by atoms with Crippen molar-refractivity contribution in [2.24, 2.45) is 11.1 Å². The molecule has 0 unspecified atom stereocenters. The molecule has 0 spiro atoms. The number of primary amides is 1. The molecule has 0 saturated heterocycles. The quantitative estimate of drug-likeness (QED) is 0.735. The molecule has 0 radical (unpaired) electrons. The molecule has 7 heteroatoms. The van der Waals surface area contributed by atoms with E-state index < -0.39 is 5.41 Å². The van der Waals surface area contributed by atoms with Gasteiger partial charge in [0, 0.05) is 25.1 Å². The summed E-state index contributed by atoms with van der Waals surface area (Å²) >= 11 is 0. The number of hydrogen-bond acceptors (Lipinski definition) is 5. The normalized spacial score (nSPS) is 14.0. The largest absolute Gasteiger partial charge is 0.369 e. The van der Waals surface area contributed by atoms with Gasteiger partial charge >= 0.3 is 0 Å². The molecule has 4 N–H and O–H groups in total. The van der Waals surface area contributed by atoms with Crippen molar-refractivity contribution in [1.82, 2.24) is 15.3 Å². The van der Waals surface area contributed by atoms with Gasteiger partial charge in [-0.15, -0.1) is 0 Å². The summed E-state index contributed by atoms with van der Waals surface area (Å²) in [5.74, 6) is 0.683. The summed E-state index contributed by atoms with van der Waals surface area (Å²) in [6.45, 7) is 5.56. The maximum atomic E-state index is 13.4. The number of benzene rings is 1. The zero-order chi connectivity index (χ0) is 18.7. The molecule has 0 fully saturated rings. The van der Waals surface area contributed by atoms with Crippen LogP contribution in [-0.4, -0.2) is 22.4 Å². The van der Waals surface area contributed by atoms with Crippen LogP contribution in [0.2, 0.25) is 0 Å². The maximum absolute atomic E-state index is 13.4. The van der Waals surface area contributed by atoms with Crippen LogP contribution in [0.1, 0.15) is 36.5 Å². The van der Waals surface area contributed by atoms with Crippen molar-refractivity contribution in [2.45, 2.75) is 39.8 Å². The van der Waals surface area contributed by atoms with Crippen molar-refractivity contribution in [3.8, 4) is 0 Å². The second-order valence-corrected chi connectivity index (χ2v) is 7.25. The van der Waals surface area contributed by atoms with E-state index in [-0.39, 0.29) is 11.7 Å². The van der Waals surface area contributed by atoms with E-state index in [1.165, 1.54) is 12.1 Å². The number of halogens is 1. The fourth-order valence-corrected chi connectivity index (χ4v) is 2.95. The Balaban J connectivity index is 1.87. The molecule has 138 valence electrons. The van der Waals surface area contributed by atoms with Gasteiger partial charge in [0.2, 0.25) is 5.91 Å². The minimum atomic E-state index is -0.726. The first kappa shape index (κ1) is 18.3. The van der Waals surface area contributed by atoms with E-state index in [1.54, 1.807) is 19.9 Å². The van der Waals surface area contributed by atoms with Crippen LogP contribution in [0.4, 0.5) is 10.2 Å². The third-order valence-corrected chi connectivity index (χ3v) is 4.60. The van der Waals surface area contributed by atoms with Gasteiger partial charge in [-0.25, -0.2) is 14.4 Å². The molecule has 1 amide bonds. The minimum absolute atomic E-state index is 0.262. The summed E-state index contributed by atoms with van der Waals surface area (Å²) in [7, 11) is 0. The van der Waals surface area contributed by atoms with E-state index in [9.17, 15) is 9.18 Å². The van der Waals surface area contributed by atoms with Crippen molar-refractivity contribution in [1.29, 1.82) is 0 Å². The van der Waals surface area contributed by atoms with E-state index in [0.29, 0.717) is 25.3 Å². The van der Waals surface area contributed by atoms with Crippen LogP contribution in [0.25, 0.3) is 0 Å². The fraction of sp³-hybridized carbons (Fsp3) is 0.421. The monoisotopic (exact) mass is 357 g/mol. The first-order valence-corrected chi connectivity index (χ1v) is 8.73. The molecule has 1 aromatic heterocycles. The Morgan fingerprint density at radius 3 is 2.92 bits per heavy atom. The van der Waals surface area contributed by atoms with E-state index in [0.717, 1.165) is 35.6 Å². The molecule has 0 saturated carbocycles. The van der Waals surface area contributed by atoms with Crippen molar-refractivity contribution in [3.63, 3.8) is 0 Å². The Labute approximate surface area is 152 Å². The van der Waals surface area contributed by atoms with Crippen LogP contribution >= 0.6 is 0 Å². The summed E-state index contributed by atoms with van der Waals surface area (Å²) in [5.41, 5.74) is 7.60. The van der Waals surface area contributed by atoms with Crippen LogP contribution < -0.4 is 16.4 Å². The standard InChI is InChI=1S/C19H24FN5O/c1-19(2,18(21)26)9-16-24-15-11-22-7-6-14(15)17(25-16)23-10-12-4-3-5-13(20)8-12/h3-5,8,22H,6-7,9-11H2,1-2H3,(H2,21,26)(H,23,24,25). The lowest BCUT2D eigenvalue weighted by Crippen LogP contribution is -2.34. The van der Waals surface area contributed by atoms with Gasteiger partial charge in [-0.1, -0.05) is 26.0 Å². The van der Waals surface area contributed by atoms with Gasteiger partial charge in [-0.05, 0) is 30.7 Å². The molecule has 0 aliphatic carbocycles. The topological polar surface area (TPSA) is 92.9 Å². The predicted octanol–water partition coefficient (Wildman–Crippen LogP) is 1.93. The zero-order valence-electron chi connectivity index (χ0n) is 15.1. The number of nitrogens with two attached hydrogens (primary N) is 1. The first-order chi connectivity index (χ1) is 12.3. The van der Waals surface area contributed by atoms with Crippen molar-refractivity contribution in [2.75, 3.05) is 11.9 Å². The predicted molar refractivity (Wildman–Crippen MR) is 97.8 cm³/mol. The van der Waals surface area contributed by atoms with Crippen LogP contribution in [0, 0.1) is 11.2 Å². The molecule has 2 heterocycles. The van der Waals surface area contributed by atoms with Crippen LogP contribution in [0.3, 0.4) is 0 Å². The van der Waals surface area contributed by atoms with E-state index >= 15 is 0 Å². The summed E-state index contributed by atoms with van der Waals surface area (Å²) in [6.07, 6.45) is 1.19. The molecular formula is C19H24FN5O. The molecule has 1 aliphatic heterocycles. The van der Waals surface area contributed by atoms with Crippen molar-refractivity contribution < 1.29 is 9.18 Å². The highest BCUT2D eigenvalue weighted by Gasteiger charge is 2.28. The molecule has 1 aromatic carbocycles. The number of carbonyl (C=O) groups is 1. The molecular weight excluding hydrogens is 333 g/mol. The van der Waals surface area contributed by atoms with Gasteiger partial charge in [-0.2, -0.15) is 0 Å². The average molecular weight is 357 g/mol. The Hall–Kier alpha value is -2.54. The molecule has 0 atom stereocenters. The van der Waals surface area contributed by atoms with Gasteiger partial charge in [0.25, 0.3) is 0 Å². The lowest BCUT2D eigenvalue weighted by atomic mass is 9.88. The number of hydrogen-bond donors (Lipinski definition) is 3. The molecule has 0 bridgehead atoms. The van der Waals surface area contributed by atoms with Gasteiger partial charge in [0.05, 0.1) is 11.1 Å². The summed E-state index contributed by atoms with van der Waals surface area (Å²) in [6, 6.07) is 6.47. The Kier molecular flexibility index (Phi) is 5.18. The van der Waals surface area contributed by atoms with Crippen molar-refractivity contribution in [3.05, 3.63) is 52.7 Å². The van der Waals surface area contributed by atoms with E-state index in [1.807, 2.05) is 6.07 Å². The average Bonchev–Trinajstić information content (AvgIpc) is 2.59.